The van der Waals surface area contributed by atoms with E-state index < -0.39 is 6.10 Å². The maximum absolute atomic E-state index is 9.64. The normalized spacial score (nSPS) is 15.3. The van der Waals surface area contributed by atoms with E-state index in [1.807, 2.05) is 0 Å². The van der Waals surface area contributed by atoms with Gasteiger partial charge in [0.2, 0.25) is 0 Å². The van der Waals surface area contributed by atoms with E-state index in [4.69, 9.17) is 7.85 Å². The molecule has 12 heavy (non-hydrogen) atoms. The van der Waals surface area contributed by atoms with Gasteiger partial charge in [0.15, 0.2) is 0 Å². The Morgan fingerprint density at radius 1 is 1.50 bits per heavy atom. The highest BCUT2D eigenvalue weighted by molar-refractivity contribution is 6.17. The van der Waals surface area contributed by atoms with Crippen molar-refractivity contribution in [3.63, 3.8) is 0 Å². The first-order valence-corrected chi connectivity index (χ1v) is 4.61. The van der Waals surface area contributed by atoms with Crippen molar-refractivity contribution < 1.29 is 5.11 Å². The molecule has 0 bridgehead atoms. The van der Waals surface area contributed by atoms with Crippen LogP contribution in [0.1, 0.15) is 40.0 Å². The Morgan fingerprint density at radius 2 is 2.08 bits per heavy atom. The number of hydrogen-bond acceptors (Lipinski definition) is 1. The molecular weight excluding hydrogens is 147 g/mol. The second kappa shape index (κ2) is 5.42. The Kier molecular flexibility index (Phi) is 5.31. The molecule has 2 heteroatoms. The lowest BCUT2D eigenvalue weighted by molar-refractivity contribution is 0.0817. The summed E-state index contributed by atoms with van der Waals surface area (Å²) in [6, 6.07) is 0. The van der Waals surface area contributed by atoms with Gasteiger partial charge in [0.1, 0.15) is 7.85 Å². The molecule has 0 aliphatic carbocycles. The van der Waals surface area contributed by atoms with Gasteiger partial charge in [0, 0.05) is 0 Å². The van der Waals surface area contributed by atoms with Crippen molar-refractivity contribution in [2.45, 2.75) is 46.1 Å². The molecule has 0 aliphatic rings. The van der Waals surface area contributed by atoms with Gasteiger partial charge in [0.05, 0.1) is 6.10 Å². The number of aliphatic hydroxyl groups excluding tert-OH is 1. The third kappa shape index (κ3) is 3.96. The van der Waals surface area contributed by atoms with Crippen molar-refractivity contribution in [3.05, 3.63) is 12.1 Å². The van der Waals surface area contributed by atoms with Gasteiger partial charge in [0.25, 0.3) is 0 Å². The van der Waals surface area contributed by atoms with E-state index in [2.05, 4.69) is 20.8 Å². The predicted molar refractivity (Wildman–Crippen MR) is 54.2 cm³/mol. The van der Waals surface area contributed by atoms with Crippen molar-refractivity contribution in [2.24, 2.45) is 5.41 Å². The van der Waals surface area contributed by atoms with Crippen molar-refractivity contribution in [1.29, 1.82) is 0 Å². The quantitative estimate of drug-likeness (QED) is 0.621. The molecule has 2 radical (unpaired) electrons. The van der Waals surface area contributed by atoms with Crippen LogP contribution in [-0.4, -0.2) is 19.1 Å². The van der Waals surface area contributed by atoms with Gasteiger partial charge in [-0.2, -0.15) is 0 Å². The lowest BCUT2D eigenvalue weighted by Gasteiger charge is -2.28. The van der Waals surface area contributed by atoms with E-state index in [-0.39, 0.29) is 5.41 Å². The minimum Gasteiger partial charge on any atom is -0.389 e. The van der Waals surface area contributed by atoms with Crippen LogP contribution in [0.5, 0.6) is 0 Å². The first kappa shape index (κ1) is 11.8. The minimum atomic E-state index is -0.422. The van der Waals surface area contributed by atoms with Crippen molar-refractivity contribution in [3.8, 4) is 0 Å². The molecule has 0 fully saturated rings. The summed E-state index contributed by atoms with van der Waals surface area (Å²) in [5.74, 6) is 1.42. The Bertz CT molecular complexity index is 141. The maximum atomic E-state index is 9.64. The zero-order valence-electron chi connectivity index (χ0n) is 8.38. The van der Waals surface area contributed by atoms with Crippen LogP contribution in [0, 0.1) is 5.41 Å². The molecule has 0 rings (SSSR count). The molecule has 0 aliphatic heterocycles. The van der Waals surface area contributed by atoms with Crippen molar-refractivity contribution >= 4 is 7.85 Å². The average molecular weight is 166 g/mol. The number of unbranched alkanes of at least 4 members (excludes halogenated alkanes) is 1. The van der Waals surface area contributed by atoms with E-state index in [0.717, 1.165) is 12.8 Å². The summed E-state index contributed by atoms with van der Waals surface area (Å²) in [6.07, 6.45) is 4.59. The Balaban J connectivity index is 3.98. The lowest BCUT2D eigenvalue weighted by Crippen LogP contribution is -2.27. The largest absolute Gasteiger partial charge is 0.389 e. The van der Waals surface area contributed by atoms with Gasteiger partial charge in [-0.1, -0.05) is 39.7 Å². The van der Waals surface area contributed by atoms with Crippen LogP contribution in [0.15, 0.2) is 12.1 Å². The van der Waals surface area contributed by atoms with Crippen LogP contribution in [0.3, 0.4) is 0 Å². The van der Waals surface area contributed by atoms with Gasteiger partial charge >= 0.3 is 0 Å². The SMILES string of the molecule is [B]/C=C/[C@@H](O)C(C)(C)CCCC. The number of rotatable bonds is 5. The molecule has 0 saturated heterocycles. The smallest absolute Gasteiger partial charge is 0.102 e. The maximum Gasteiger partial charge on any atom is 0.102 e. The zero-order valence-corrected chi connectivity index (χ0v) is 8.38. The molecule has 0 aromatic carbocycles. The second-order valence-corrected chi connectivity index (χ2v) is 3.92. The summed E-state index contributed by atoms with van der Waals surface area (Å²) >= 11 is 0. The molecule has 0 unspecified atom stereocenters. The molecule has 1 N–H and O–H groups in total. The van der Waals surface area contributed by atoms with Gasteiger partial charge < -0.3 is 5.11 Å². The minimum absolute atomic E-state index is 0.0497. The molecule has 0 aromatic rings. The van der Waals surface area contributed by atoms with E-state index in [0.29, 0.717) is 0 Å². The summed E-state index contributed by atoms with van der Waals surface area (Å²) in [7, 11) is 5.21. The molecule has 0 aromatic heterocycles. The monoisotopic (exact) mass is 166 g/mol. The van der Waals surface area contributed by atoms with Crippen molar-refractivity contribution in [2.75, 3.05) is 0 Å². The third-order valence-corrected chi connectivity index (χ3v) is 2.27. The lowest BCUT2D eigenvalue weighted by atomic mass is 9.81. The fraction of sp³-hybridized carbons (Fsp3) is 0.800. The zero-order chi connectivity index (χ0) is 9.61. The summed E-state index contributed by atoms with van der Waals surface area (Å²) < 4.78 is 0. The fourth-order valence-corrected chi connectivity index (χ4v) is 1.15. The third-order valence-electron chi connectivity index (χ3n) is 2.27. The van der Waals surface area contributed by atoms with E-state index in [1.165, 1.54) is 12.4 Å². The molecular formula is C10H19BO. The van der Waals surface area contributed by atoms with E-state index >= 15 is 0 Å². The molecule has 1 atom stereocenters. The molecule has 0 saturated carbocycles. The summed E-state index contributed by atoms with van der Waals surface area (Å²) in [6.45, 7) is 6.28. The molecule has 0 heterocycles. The average Bonchev–Trinajstić information content (AvgIpc) is 2.01. The van der Waals surface area contributed by atoms with Crippen molar-refractivity contribution in [1.82, 2.24) is 0 Å². The highest BCUT2D eigenvalue weighted by Gasteiger charge is 2.24. The predicted octanol–water partition coefficient (Wildman–Crippen LogP) is 2.25. The Morgan fingerprint density at radius 3 is 2.50 bits per heavy atom. The Hall–Kier alpha value is -0.235. The van der Waals surface area contributed by atoms with E-state index in [9.17, 15) is 5.11 Å². The highest BCUT2D eigenvalue weighted by atomic mass is 16.3. The van der Waals surface area contributed by atoms with Crippen LogP contribution in [0.2, 0.25) is 0 Å². The van der Waals surface area contributed by atoms with Crippen LogP contribution < -0.4 is 0 Å². The second-order valence-electron chi connectivity index (χ2n) is 3.92. The molecule has 1 nitrogen and oxygen atoms in total. The first-order chi connectivity index (χ1) is 5.54. The van der Waals surface area contributed by atoms with Gasteiger partial charge in [-0.3, -0.25) is 0 Å². The first-order valence-electron chi connectivity index (χ1n) is 4.61. The van der Waals surface area contributed by atoms with E-state index in [1.54, 1.807) is 6.08 Å². The van der Waals surface area contributed by atoms with Gasteiger partial charge in [-0.05, 0) is 11.8 Å². The molecule has 68 valence electrons. The molecule has 0 spiro atoms. The topological polar surface area (TPSA) is 20.2 Å². The van der Waals surface area contributed by atoms with Gasteiger partial charge in [-0.15, -0.1) is 5.98 Å². The molecule has 0 amide bonds. The van der Waals surface area contributed by atoms with Crippen LogP contribution in [-0.2, 0) is 0 Å². The number of hydrogen-bond donors (Lipinski definition) is 1. The Labute approximate surface area is 77.3 Å². The number of aliphatic hydroxyl groups is 1. The summed E-state index contributed by atoms with van der Waals surface area (Å²) in [4.78, 5) is 0. The fourth-order valence-electron chi connectivity index (χ4n) is 1.15. The van der Waals surface area contributed by atoms with Gasteiger partial charge in [-0.25, -0.2) is 0 Å². The summed E-state index contributed by atoms with van der Waals surface area (Å²) in [5, 5.41) is 9.64. The van der Waals surface area contributed by atoms with Crippen LogP contribution >= 0.6 is 0 Å². The van der Waals surface area contributed by atoms with Crippen LogP contribution in [0.4, 0.5) is 0 Å². The van der Waals surface area contributed by atoms with Crippen LogP contribution in [0.25, 0.3) is 0 Å². The summed E-state index contributed by atoms with van der Waals surface area (Å²) in [5.41, 5.74) is -0.0497. The highest BCUT2D eigenvalue weighted by Crippen LogP contribution is 2.28. The standard InChI is InChI=1S/C10H19BO/c1-4-5-7-10(2,3)9(12)6-8-11/h6,8-9,12H,4-5,7H2,1-3H3/b8-6+/t9-/m1/s1.